The van der Waals surface area contributed by atoms with E-state index in [4.69, 9.17) is 39.5 Å². The molecule has 0 spiro atoms. The average molecular weight is 341 g/mol. The van der Waals surface area contributed by atoms with Crippen LogP contribution >= 0.6 is 34.8 Å². The maximum Gasteiger partial charge on any atom is 0.420 e. The van der Waals surface area contributed by atoms with Gasteiger partial charge >= 0.3 is 6.09 Å². The smallest absolute Gasteiger partial charge is 0.420 e. The van der Waals surface area contributed by atoms with E-state index in [-0.39, 0.29) is 15.9 Å². The second-order valence-electron chi connectivity index (χ2n) is 4.85. The Kier molecular flexibility index (Phi) is 5.68. The zero-order valence-corrected chi connectivity index (χ0v) is 13.4. The number of nitrogens with zero attached hydrogens (tertiary/aromatic N) is 1. The van der Waals surface area contributed by atoms with E-state index in [0.717, 1.165) is 16.5 Å². The van der Waals surface area contributed by atoms with E-state index in [2.05, 4.69) is 0 Å². The predicted molar refractivity (Wildman–Crippen MR) is 79.9 cm³/mol. The van der Waals surface area contributed by atoms with E-state index in [9.17, 15) is 9.18 Å². The van der Waals surface area contributed by atoms with Gasteiger partial charge in [-0.25, -0.2) is 14.1 Å². The number of anilines is 1. The first kappa shape index (κ1) is 17.1. The molecule has 0 aliphatic heterocycles. The molecule has 0 atom stereocenters. The van der Waals surface area contributed by atoms with E-state index in [1.807, 2.05) is 0 Å². The molecule has 0 aliphatic rings. The van der Waals surface area contributed by atoms with Crippen LogP contribution in [0.3, 0.4) is 0 Å². The molecule has 0 N–H and O–H groups in total. The van der Waals surface area contributed by atoms with Gasteiger partial charge in [0.15, 0.2) is 0 Å². The molecule has 1 aromatic carbocycles. The number of amides is 1. The van der Waals surface area contributed by atoms with E-state index >= 15 is 0 Å². The van der Waals surface area contributed by atoms with Crippen LogP contribution in [0.15, 0.2) is 28.9 Å². The Bertz CT molecular complexity index is 541. The van der Waals surface area contributed by atoms with Crippen molar-refractivity contribution in [2.45, 2.75) is 26.4 Å². The summed E-state index contributed by atoms with van der Waals surface area (Å²) in [5.74, 6) is -0.606. The summed E-state index contributed by atoms with van der Waals surface area (Å²) in [7, 11) is 0. The fraction of sp³-hybridized carbons (Fsp3) is 0.308. The molecule has 110 valence electrons. The molecular weight excluding hydrogens is 328 g/mol. The third-order valence-corrected chi connectivity index (χ3v) is 2.93. The monoisotopic (exact) mass is 339 g/mol. The summed E-state index contributed by atoms with van der Waals surface area (Å²) in [5.41, 5.74) is 0.526. The number of benzene rings is 1. The third-order valence-electron chi connectivity index (χ3n) is 2.04. The van der Waals surface area contributed by atoms with Gasteiger partial charge in [-0.05, 0) is 39.0 Å². The third kappa shape index (κ3) is 4.54. The van der Waals surface area contributed by atoms with Crippen molar-refractivity contribution >= 4 is 46.6 Å². The van der Waals surface area contributed by atoms with Crippen molar-refractivity contribution in [3.63, 3.8) is 0 Å². The maximum absolute atomic E-state index is 13.2. The van der Waals surface area contributed by atoms with Crippen LogP contribution in [0.5, 0.6) is 0 Å². The fourth-order valence-electron chi connectivity index (χ4n) is 1.30. The number of hydrogen-bond acceptors (Lipinski definition) is 2. The molecule has 3 nitrogen and oxygen atoms in total. The van der Waals surface area contributed by atoms with E-state index in [1.165, 1.54) is 12.1 Å². The van der Waals surface area contributed by atoms with Crippen molar-refractivity contribution < 1.29 is 13.9 Å². The van der Waals surface area contributed by atoms with Gasteiger partial charge in [-0.1, -0.05) is 34.8 Å². The zero-order valence-electron chi connectivity index (χ0n) is 11.1. The average Bonchev–Trinajstić information content (AvgIpc) is 2.31. The lowest BCUT2D eigenvalue weighted by Gasteiger charge is -2.26. The van der Waals surface area contributed by atoms with Crippen molar-refractivity contribution in [1.29, 1.82) is 0 Å². The molecule has 0 aliphatic carbocycles. The summed E-state index contributed by atoms with van der Waals surface area (Å²) in [6.07, 6.45) is -0.748. The highest BCUT2D eigenvalue weighted by Crippen LogP contribution is 2.28. The molecule has 7 heteroatoms. The van der Waals surface area contributed by atoms with Crippen LogP contribution in [-0.2, 0) is 4.74 Å². The molecule has 0 saturated carbocycles. The first-order chi connectivity index (χ1) is 9.15. The lowest BCUT2D eigenvalue weighted by molar-refractivity contribution is 0.0595. The van der Waals surface area contributed by atoms with Crippen LogP contribution in [0.4, 0.5) is 14.9 Å². The van der Waals surface area contributed by atoms with Gasteiger partial charge in [0.2, 0.25) is 0 Å². The van der Waals surface area contributed by atoms with Crippen molar-refractivity contribution in [1.82, 2.24) is 0 Å². The van der Waals surface area contributed by atoms with Gasteiger partial charge in [0, 0.05) is 5.54 Å². The van der Waals surface area contributed by atoms with Gasteiger partial charge in [0.25, 0.3) is 0 Å². The molecule has 1 amide bonds. The first-order valence-corrected chi connectivity index (χ1v) is 6.79. The number of hydrogen-bond donors (Lipinski definition) is 0. The molecule has 0 saturated heterocycles. The summed E-state index contributed by atoms with van der Waals surface area (Å²) in [6.45, 7) is 5.12. The molecular formula is C13H13Cl3FNO2. The molecule has 0 bridgehead atoms. The highest BCUT2D eigenvalue weighted by atomic mass is 35.5. The zero-order chi connectivity index (χ0) is 15.5. The standard InChI is InChI=1S/C13H13Cl3FNO2/c1-13(2,3)20-12(19)18(11(16)7-14)8-4-5-10(17)9(15)6-8/h4-7H,1-3H3. The lowest BCUT2D eigenvalue weighted by Crippen LogP contribution is -2.35. The Morgan fingerprint density at radius 1 is 1.40 bits per heavy atom. The van der Waals surface area contributed by atoms with Gasteiger partial charge in [0.05, 0.1) is 10.7 Å². The molecule has 0 radical (unpaired) electrons. The highest BCUT2D eigenvalue weighted by Gasteiger charge is 2.26. The van der Waals surface area contributed by atoms with E-state index in [0.29, 0.717) is 0 Å². The molecule has 1 rings (SSSR count). The van der Waals surface area contributed by atoms with Crippen molar-refractivity contribution in [3.8, 4) is 0 Å². The molecule has 0 aromatic heterocycles. The molecule has 0 heterocycles. The minimum atomic E-state index is -0.748. The molecule has 20 heavy (non-hydrogen) atoms. The Morgan fingerprint density at radius 2 is 2.00 bits per heavy atom. The van der Waals surface area contributed by atoms with Crippen LogP contribution in [0.2, 0.25) is 5.02 Å². The SMILES string of the molecule is CC(C)(C)OC(=O)N(C(Cl)=CCl)c1ccc(F)c(Cl)c1. The summed E-state index contributed by atoms with van der Waals surface area (Å²) >= 11 is 17.1. The number of halogens is 4. The lowest BCUT2D eigenvalue weighted by atomic mass is 10.2. The van der Waals surface area contributed by atoms with Crippen LogP contribution in [0, 0.1) is 5.82 Å². The highest BCUT2D eigenvalue weighted by molar-refractivity contribution is 6.39. The molecule has 1 aromatic rings. The van der Waals surface area contributed by atoms with Gasteiger partial charge in [-0.3, -0.25) is 0 Å². The quantitative estimate of drug-likeness (QED) is 0.666. The summed E-state index contributed by atoms with van der Waals surface area (Å²) in [5, 5.41) is -0.237. The van der Waals surface area contributed by atoms with Gasteiger partial charge in [-0.15, -0.1) is 0 Å². The van der Waals surface area contributed by atoms with Crippen molar-refractivity contribution in [2.75, 3.05) is 4.90 Å². The van der Waals surface area contributed by atoms with Crippen LogP contribution in [0.1, 0.15) is 20.8 Å². The largest absolute Gasteiger partial charge is 0.443 e. The predicted octanol–water partition coefficient (Wildman–Crippen LogP) is 5.50. The maximum atomic E-state index is 13.2. The van der Waals surface area contributed by atoms with Gasteiger partial charge in [0.1, 0.15) is 16.6 Å². The Hall–Kier alpha value is -0.970. The van der Waals surface area contributed by atoms with Crippen LogP contribution in [0.25, 0.3) is 0 Å². The normalized spacial score (nSPS) is 12.2. The number of carbonyl (C=O) groups excluding carboxylic acids is 1. The Morgan fingerprint density at radius 3 is 2.45 bits per heavy atom. The number of rotatable bonds is 2. The van der Waals surface area contributed by atoms with Crippen LogP contribution in [-0.4, -0.2) is 11.7 Å². The number of carbonyl (C=O) groups is 1. The van der Waals surface area contributed by atoms with E-state index < -0.39 is 17.5 Å². The molecule has 0 unspecified atom stereocenters. The second-order valence-corrected chi connectivity index (χ2v) is 5.86. The topological polar surface area (TPSA) is 29.5 Å². The second kappa shape index (κ2) is 6.66. The van der Waals surface area contributed by atoms with Gasteiger partial charge < -0.3 is 4.74 Å². The van der Waals surface area contributed by atoms with Crippen molar-refractivity contribution in [3.05, 3.63) is 39.7 Å². The summed E-state index contributed by atoms with van der Waals surface area (Å²) in [4.78, 5) is 13.1. The number of ether oxygens (including phenoxy) is 1. The Balaban J connectivity index is 3.19. The summed E-state index contributed by atoms with van der Waals surface area (Å²) in [6, 6.07) is 3.71. The Labute approximate surface area is 131 Å². The van der Waals surface area contributed by atoms with Crippen LogP contribution < -0.4 is 4.90 Å². The van der Waals surface area contributed by atoms with Gasteiger partial charge in [-0.2, -0.15) is 0 Å². The fourth-order valence-corrected chi connectivity index (χ4v) is 1.74. The minimum absolute atomic E-state index is 0.0939. The van der Waals surface area contributed by atoms with E-state index in [1.54, 1.807) is 20.8 Å². The molecule has 0 fully saturated rings. The summed E-state index contributed by atoms with van der Waals surface area (Å²) < 4.78 is 18.4. The first-order valence-electron chi connectivity index (χ1n) is 5.60. The van der Waals surface area contributed by atoms with Crippen molar-refractivity contribution in [2.24, 2.45) is 0 Å². The minimum Gasteiger partial charge on any atom is -0.443 e.